The number of aromatic nitrogens is 1. The van der Waals surface area contributed by atoms with Gasteiger partial charge >= 0.3 is 0 Å². The highest BCUT2D eigenvalue weighted by atomic mass is 16.3. The summed E-state index contributed by atoms with van der Waals surface area (Å²) in [7, 11) is 3.99. The summed E-state index contributed by atoms with van der Waals surface area (Å²) in [5, 5.41) is 10.5. The summed E-state index contributed by atoms with van der Waals surface area (Å²) in [6.45, 7) is 1.40. The molecule has 1 aromatic carbocycles. The van der Waals surface area contributed by atoms with Gasteiger partial charge in [-0.05, 0) is 38.4 Å². The molecule has 1 aliphatic rings. The van der Waals surface area contributed by atoms with Crippen LogP contribution in [0.5, 0.6) is 0 Å². The van der Waals surface area contributed by atoms with Crippen molar-refractivity contribution in [2.75, 3.05) is 33.8 Å². The van der Waals surface area contributed by atoms with E-state index in [4.69, 9.17) is 0 Å². The summed E-state index contributed by atoms with van der Waals surface area (Å²) in [6.07, 6.45) is 1.87. The van der Waals surface area contributed by atoms with Crippen LogP contribution in [0.3, 0.4) is 0 Å². The van der Waals surface area contributed by atoms with Gasteiger partial charge in [0.15, 0.2) is 0 Å². The van der Waals surface area contributed by atoms with E-state index in [1.54, 1.807) is 0 Å². The van der Waals surface area contributed by atoms with Crippen LogP contribution in [0, 0.1) is 5.92 Å². The summed E-state index contributed by atoms with van der Waals surface area (Å²) >= 11 is 0. The highest BCUT2D eigenvalue weighted by molar-refractivity contribution is 5.98. The lowest BCUT2D eigenvalue weighted by Crippen LogP contribution is -2.37. The maximum Gasteiger partial charge on any atom is 0.253 e. The summed E-state index contributed by atoms with van der Waals surface area (Å²) in [5.74, 6) is 0.167. The minimum absolute atomic E-state index is 0.0425. The molecule has 3 rings (SSSR count). The number of carbonyl (C=O) groups is 1. The smallest absolute Gasteiger partial charge is 0.253 e. The maximum absolute atomic E-state index is 12.7. The first-order valence-electron chi connectivity index (χ1n) is 7.24. The molecule has 2 atom stereocenters. The SMILES string of the molecule is CN(C)[C@@H]1CN(C(=O)c2ccc3[nH]ccc3c2)C[C@H]1CO. The van der Waals surface area contributed by atoms with E-state index >= 15 is 0 Å². The van der Waals surface area contributed by atoms with E-state index in [-0.39, 0.29) is 24.5 Å². The molecule has 1 fully saturated rings. The Morgan fingerprint density at radius 3 is 2.86 bits per heavy atom. The minimum atomic E-state index is 0.0425. The van der Waals surface area contributed by atoms with Crippen molar-refractivity contribution in [1.82, 2.24) is 14.8 Å². The van der Waals surface area contributed by atoms with E-state index in [0.29, 0.717) is 18.7 Å². The van der Waals surface area contributed by atoms with Gasteiger partial charge < -0.3 is 19.9 Å². The number of hydrogen-bond donors (Lipinski definition) is 2. The van der Waals surface area contributed by atoms with Crippen LogP contribution < -0.4 is 0 Å². The van der Waals surface area contributed by atoms with E-state index in [2.05, 4.69) is 9.88 Å². The number of likely N-dealkylation sites (N-methyl/N-ethyl adjacent to an activating group) is 1. The van der Waals surface area contributed by atoms with Gasteiger partial charge in [-0.2, -0.15) is 0 Å². The van der Waals surface area contributed by atoms with Crippen LogP contribution in [0.4, 0.5) is 0 Å². The van der Waals surface area contributed by atoms with Gasteiger partial charge in [-0.3, -0.25) is 4.79 Å². The van der Waals surface area contributed by atoms with Crippen molar-refractivity contribution in [3.05, 3.63) is 36.0 Å². The molecule has 2 aromatic rings. The summed E-state index contributed by atoms with van der Waals surface area (Å²) in [6, 6.07) is 7.90. The number of carbonyl (C=O) groups excluding carboxylic acids is 1. The number of aliphatic hydroxyl groups is 1. The molecule has 2 N–H and O–H groups in total. The normalized spacial score (nSPS) is 22.4. The van der Waals surface area contributed by atoms with Crippen LogP contribution in [-0.2, 0) is 0 Å². The predicted molar refractivity (Wildman–Crippen MR) is 82.3 cm³/mol. The molecule has 1 aromatic heterocycles. The molecule has 0 saturated carbocycles. The second kappa shape index (κ2) is 5.50. The molecule has 112 valence electrons. The molecule has 1 amide bonds. The number of benzene rings is 1. The fourth-order valence-electron chi connectivity index (χ4n) is 3.15. The Bertz CT molecular complexity index is 650. The van der Waals surface area contributed by atoms with Crippen molar-refractivity contribution in [3.8, 4) is 0 Å². The minimum Gasteiger partial charge on any atom is -0.396 e. The van der Waals surface area contributed by atoms with Crippen LogP contribution in [0.25, 0.3) is 10.9 Å². The fraction of sp³-hybridized carbons (Fsp3) is 0.438. The van der Waals surface area contributed by atoms with Gasteiger partial charge in [0.1, 0.15) is 0 Å². The van der Waals surface area contributed by atoms with Crippen molar-refractivity contribution in [3.63, 3.8) is 0 Å². The number of nitrogens with zero attached hydrogens (tertiary/aromatic N) is 2. The first-order valence-corrected chi connectivity index (χ1v) is 7.24. The number of rotatable bonds is 3. The molecule has 1 saturated heterocycles. The second-order valence-corrected chi connectivity index (χ2v) is 5.96. The zero-order valence-corrected chi connectivity index (χ0v) is 12.4. The van der Waals surface area contributed by atoms with E-state index in [1.165, 1.54) is 0 Å². The third-order valence-corrected chi connectivity index (χ3v) is 4.39. The molecule has 5 nitrogen and oxygen atoms in total. The van der Waals surface area contributed by atoms with Crippen molar-refractivity contribution < 1.29 is 9.90 Å². The number of aliphatic hydroxyl groups excluding tert-OH is 1. The Morgan fingerprint density at radius 1 is 1.38 bits per heavy atom. The van der Waals surface area contributed by atoms with E-state index in [0.717, 1.165) is 10.9 Å². The Balaban J connectivity index is 1.81. The molecule has 0 radical (unpaired) electrons. The number of aromatic amines is 1. The first-order chi connectivity index (χ1) is 10.1. The largest absolute Gasteiger partial charge is 0.396 e. The summed E-state index contributed by atoms with van der Waals surface area (Å²) in [5.41, 5.74) is 1.74. The van der Waals surface area contributed by atoms with Gasteiger partial charge in [0.2, 0.25) is 0 Å². The number of H-pyrrole nitrogens is 1. The van der Waals surface area contributed by atoms with Gasteiger partial charge in [0.05, 0.1) is 0 Å². The van der Waals surface area contributed by atoms with E-state index < -0.39 is 0 Å². The highest BCUT2D eigenvalue weighted by Gasteiger charge is 2.36. The highest BCUT2D eigenvalue weighted by Crippen LogP contribution is 2.23. The van der Waals surface area contributed by atoms with E-state index in [1.807, 2.05) is 49.5 Å². The quantitative estimate of drug-likeness (QED) is 0.890. The van der Waals surface area contributed by atoms with Crippen molar-refractivity contribution in [2.45, 2.75) is 6.04 Å². The van der Waals surface area contributed by atoms with Crippen LogP contribution in [-0.4, -0.2) is 65.6 Å². The molecule has 0 unspecified atom stereocenters. The Hall–Kier alpha value is -1.85. The van der Waals surface area contributed by atoms with Gasteiger partial charge in [-0.25, -0.2) is 0 Å². The number of fused-ring (bicyclic) bond motifs is 1. The molecule has 0 bridgehead atoms. The number of hydrogen-bond acceptors (Lipinski definition) is 3. The standard InChI is InChI=1S/C16H21N3O2/c1-18(2)15-9-19(8-13(15)10-20)16(21)12-3-4-14-11(7-12)5-6-17-14/h3-7,13,15,17,20H,8-10H2,1-2H3/t13-,15+/m0/s1. The Morgan fingerprint density at radius 2 is 2.19 bits per heavy atom. The van der Waals surface area contributed by atoms with Crippen molar-refractivity contribution in [1.29, 1.82) is 0 Å². The molecule has 1 aliphatic heterocycles. The predicted octanol–water partition coefficient (Wildman–Crippen LogP) is 1.16. The average Bonchev–Trinajstić information content (AvgIpc) is 3.11. The first kappa shape index (κ1) is 14.1. The molecular formula is C16H21N3O2. The van der Waals surface area contributed by atoms with Crippen molar-refractivity contribution >= 4 is 16.8 Å². The van der Waals surface area contributed by atoms with Crippen molar-refractivity contribution in [2.24, 2.45) is 5.92 Å². The lowest BCUT2D eigenvalue weighted by Gasteiger charge is -2.23. The topological polar surface area (TPSA) is 59.6 Å². The Labute approximate surface area is 124 Å². The van der Waals surface area contributed by atoms with Gasteiger partial charge in [-0.15, -0.1) is 0 Å². The lowest BCUT2D eigenvalue weighted by atomic mass is 10.0. The molecule has 0 aliphatic carbocycles. The average molecular weight is 287 g/mol. The zero-order chi connectivity index (χ0) is 15.0. The lowest BCUT2D eigenvalue weighted by molar-refractivity contribution is 0.0779. The monoisotopic (exact) mass is 287 g/mol. The van der Waals surface area contributed by atoms with Gasteiger partial charge in [-0.1, -0.05) is 0 Å². The molecule has 0 spiro atoms. The van der Waals surface area contributed by atoms with Gasteiger partial charge in [0.25, 0.3) is 5.91 Å². The number of likely N-dealkylation sites (tertiary alicyclic amines) is 1. The molecule has 2 heterocycles. The van der Waals surface area contributed by atoms with Gasteiger partial charge in [0, 0.05) is 54.3 Å². The number of amides is 1. The Kier molecular flexibility index (Phi) is 3.69. The van der Waals surface area contributed by atoms with Crippen LogP contribution >= 0.6 is 0 Å². The summed E-state index contributed by atoms with van der Waals surface area (Å²) < 4.78 is 0. The molecular weight excluding hydrogens is 266 g/mol. The van der Waals surface area contributed by atoms with Crippen LogP contribution in [0.2, 0.25) is 0 Å². The third-order valence-electron chi connectivity index (χ3n) is 4.39. The molecule has 5 heteroatoms. The second-order valence-electron chi connectivity index (χ2n) is 5.96. The van der Waals surface area contributed by atoms with Crippen LogP contribution in [0.15, 0.2) is 30.5 Å². The maximum atomic E-state index is 12.7. The summed E-state index contributed by atoms with van der Waals surface area (Å²) in [4.78, 5) is 19.7. The fourth-order valence-corrected chi connectivity index (χ4v) is 3.15. The number of nitrogens with one attached hydrogen (secondary N) is 1. The molecule has 21 heavy (non-hydrogen) atoms. The third kappa shape index (κ3) is 2.54. The van der Waals surface area contributed by atoms with E-state index in [9.17, 15) is 9.90 Å². The zero-order valence-electron chi connectivity index (χ0n) is 12.4. The van der Waals surface area contributed by atoms with Crippen LogP contribution in [0.1, 0.15) is 10.4 Å².